The Morgan fingerprint density at radius 1 is 1.29 bits per heavy atom. The summed E-state index contributed by atoms with van der Waals surface area (Å²) in [5.41, 5.74) is 0. The van der Waals surface area contributed by atoms with Crippen LogP contribution in [0.2, 0.25) is 0 Å². The van der Waals surface area contributed by atoms with E-state index in [4.69, 9.17) is 19.5 Å². The van der Waals surface area contributed by atoms with Crippen LogP contribution in [0.4, 0.5) is 0 Å². The predicted molar refractivity (Wildman–Crippen MR) is 61.3 cm³/mol. The second-order valence-corrected chi connectivity index (χ2v) is 3.32. The largest absolute Gasteiger partial charge is 0.493 e. The molecule has 1 unspecified atom stereocenters. The number of aliphatic hydroxyl groups excluding tert-OH is 1. The number of rotatable bonds is 6. The molecule has 0 radical (unpaired) electrons. The number of para-hydroxylation sites is 1. The van der Waals surface area contributed by atoms with Crippen LogP contribution in [0.25, 0.3) is 0 Å². The number of benzene rings is 1. The van der Waals surface area contributed by atoms with Crippen molar-refractivity contribution in [2.45, 2.75) is 12.5 Å². The van der Waals surface area contributed by atoms with Crippen LogP contribution in [0.1, 0.15) is 6.42 Å². The van der Waals surface area contributed by atoms with E-state index in [9.17, 15) is 5.11 Å². The van der Waals surface area contributed by atoms with Crippen LogP contribution in [-0.2, 0) is 0 Å². The SMILES string of the molecule is COc1cccc(OC)c1OCC(O)CC#N. The lowest BCUT2D eigenvalue weighted by Gasteiger charge is -2.15. The minimum absolute atomic E-state index is 0.0181. The van der Waals surface area contributed by atoms with Gasteiger partial charge >= 0.3 is 0 Å². The van der Waals surface area contributed by atoms with Crippen molar-refractivity contribution in [3.05, 3.63) is 18.2 Å². The highest BCUT2D eigenvalue weighted by Crippen LogP contribution is 2.36. The van der Waals surface area contributed by atoms with Crippen LogP contribution in [-0.4, -0.2) is 32.0 Å². The van der Waals surface area contributed by atoms with Crippen LogP contribution in [0.15, 0.2) is 18.2 Å². The molecule has 0 aliphatic carbocycles. The topological polar surface area (TPSA) is 71.7 Å². The van der Waals surface area contributed by atoms with Crippen LogP contribution >= 0.6 is 0 Å². The van der Waals surface area contributed by atoms with Gasteiger partial charge in [-0.05, 0) is 12.1 Å². The van der Waals surface area contributed by atoms with Gasteiger partial charge in [0.15, 0.2) is 11.5 Å². The molecule has 0 fully saturated rings. The van der Waals surface area contributed by atoms with Gasteiger partial charge in [0.2, 0.25) is 5.75 Å². The van der Waals surface area contributed by atoms with Crippen molar-refractivity contribution in [1.29, 1.82) is 5.26 Å². The van der Waals surface area contributed by atoms with E-state index in [0.717, 1.165) is 0 Å². The Morgan fingerprint density at radius 3 is 2.35 bits per heavy atom. The number of nitriles is 1. The first-order valence-electron chi connectivity index (χ1n) is 5.11. The number of methoxy groups -OCH3 is 2. The Labute approximate surface area is 100 Å². The van der Waals surface area contributed by atoms with Crippen molar-refractivity contribution in [3.63, 3.8) is 0 Å². The number of hydrogen-bond donors (Lipinski definition) is 1. The molecule has 5 heteroatoms. The number of hydrogen-bond acceptors (Lipinski definition) is 5. The van der Waals surface area contributed by atoms with Gasteiger partial charge in [0.1, 0.15) is 12.7 Å². The molecule has 1 atom stereocenters. The lowest BCUT2D eigenvalue weighted by molar-refractivity contribution is 0.107. The third-order valence-electron chi connectivity index (χ3n) is 2.13. The second-order valence-electron chi connectivity index (χ2n) is 3.32. The van der Waals surface area contributed by atoms with Crippen LogP contribution in [0.5, 0.6) is 17.2 Å². The molecule has 92 valence electrons. The summed E-state index contributed by atoms with van der Waals surface area (Å²) >= 11 is 0. The molecule has 0 saturated carbocycles. The van der Waals surface area contributed by atoms with E-state index in [2.05, 4.69) is 0 Å². The molecule has 0 saturated heterocycles. The molecular weight excluding hydrogens is 222 g/mol. The highest BCUT2D eigenvalue weighted by Gasteiger charge is 2.13. The fourth-order valence-electron chi connectivity index (χ4n) is 1.30. The van der Waals surface area contributed by atoms with E-state index in [1.165, 1.54) is 14.2 Å². The number of nitrogens with zero attached hydrogens (tertiary/aromatic N) is 1. The van der Waals surface area contributed by atoms with Crippen molar-refractivity contribution in [2.24, 2.45) is 0 Å². The van der Waals surface area contributed by atoms with E-state index in [1.807, 2.05) is 6.07 Å². The maximum Gasteiger partial charge on any atom is 0.203 e. The fourth-order valence-corrected chi connectivity index (χ4v) is 1.30. The summed E-state index contributed by atoms with van der Waals surface area (Å²) in [5.74, 6) is 1.47. The van der Waals surface area contributed by atoms with Crippen molar-refractivity contribution in [2.75, 3.05) is 20.8 Å². The zero-order valence-electron chi connectivity index (χ0n) is 9.84. The molecule has 0 aliphatic heterocycles. The Balaban J connectivity index is 2.78. The molecule has 0 spiro atoms. The van der Waals surface area contributed by atoms with Crippen molar-refractivity contribution in [3.8, 4) is 23.3 Å². The molecule has 0 heterocycles. The molecule has 17 heavy (non-hydrogen) atoms. The van der Waals surface area contributed by atoms with E-state index in [-0.39, 0.29) is 13.0 Å². The minimum Gasteiger partial charge on any atom is -0.493 e. The zero-order valence-corrected chi connectivity index (χ0v) is 9.84. The molecule has 1 N–H and O–H groups in total. The summed E-state index contributed by atoms with van der Waals surface area (Å²) in [6.07, 6.45) is -0.799. The van der Waals surface area contributed by atoms with Crippen molar-refractivity contribution < 1.29 is 19.3 Å². The Hall–Kier alpha value is -1.93. The lowest BCUT2D eigenvalue weighted by Crippen LogP contribution is -2.17. The summed E-state index contributed by atoms with van der Waals surface area (Å²) in [5, 5.41) is 17.8. The first-order chi connectivity index (χ1) is 8.22. The van der Waals surface area contributed by atoms with E-state index in [0.29, 0.717) is 17.2 Å². The standard InChI is InChI=1S/C12H15NO4/c1-15-10-4-3-5-11(16-2)12(10)17-8-9(14)6-7-13/h3-5,9,14H,6,8H2,1-2H3. The Bertz CT molecular complexity index is 378. The van der Waals surface area contributed by atoms with E-state index in [1.54, 1.807) is 18.2 Å². The van der Waals surface area contributed by atoms with Gasteiger partial charge in [-0.2, -0.15) is 5.26 Å². The van der Waals surface area contributed by atoms with Crippen molar-refractivity contribution >= 4 is 0 Å². The first kappa shape index (κ1) is 13.1. The number of aliphatic hydroxyl groups is 1. The lowest BCUT2D eigenvalue weighted by atomic mass is 10.2. The molecule has 0 aliphatic rings. The van der Waals surface area contributed by atoms with Gasteiger partial charge in [0.05, 0.1) is 26.7 Å². The second kappa shape index (κ2) is 6.61. The third kappa shape index (κ3) is 3.54. The normalized spacial score (nSPS) is 11.4. The summed E-state index contributed by atoms with van der Waals surface area (Å²) in [6, 6.07) is 7.10. The maximum atomic E-state index is 9.41. The Kier molecular flexibility index (Phi) is 5.11. The Morgan fingerprint density at radius 2 is 1.88 bits per heavy atom. The van der Waals surface area contributed by atoms with Gasteiger partial charge < -0.3 is 19.3 Å². The minimum atomic E-state index is -0.824. The zero-order chi connectivity index (χ0) is 12.7. The maximum absolute atomic E-state index is 9.41. The highest BCUT2D eigenvalue weighted by atomic mass is 16.5. The van der Waals surface area contributed by atoms with Gasteiger partial charge in [-0.25, -0.2) is 0 Å². The molecule has 0 amide bonds. The third-order valence-corrected chi connectivity index (χ3v) is 2.13. The van der Waals surface area contributed by atoms with Gasteiger partial charge in [0, 0.05) is 0 Å². The van der Waals surface area contributed by atoms with Gasteiger partial charge in [0.25, 0.3) is 0 Å². The summed E-state index contributed by atoms with van der Waals surface area (Å²) in [7, 11) is 3.04. The van der Waals surface area contributed by atoms with Gasteiger partial charge in [-0.3, -0.25) is 0 Å². The summed E-state index contributed by atoms with van der Waals surface area (Å²) in [4.78, 5) is 0. The van der Waals surface area contributed by atoms with E-state index < -0.39 is 6.10 Å². The molecule has 1 rings (SSSR count). The van der Waals surface area contributed by atoms with Gasteiger partial charge in [-0.1, -0.05) is 6.07 Å². The molecular formula is C12H15NO4. The average Bonchev–Trinajstić information content (AvgIpc) is 2.36. The molecule has 0 bridgehead atoms. The predicted octanol–water partition coefficient (Wildman–Crippen LogP) is 1.36. The first-order valence-corrected chi connectivity index (χ1v) is 5.11. The summed E-state index contributed by atoms with van der Waals surface area (Å²) < 4.78 is 15.7. The van der Waals surface area contributed by atoms with Crippen molar-refractivity contribution in [1.82, 2.24) is 0 Å². The van der Waals surface area contributed by atoms with Gasteiger partial charge in [-0.15, -0.1) is 0 Å². The molecule has 1 aromatic rings. The van der Waals surface area contributed by atoms with Crippen LogP contribution < -0.4 is 14.2 Å². The smallest absolute Gasteiger partial charge is 0.203 e. The molecule has 5 nitrogen and oxygen atoms in total. The quantitative estimate of drug-likeness (QED) is 0.808. The number of ether oxygens (including phenoxy) is 3. The monoisotopic (exact) mass is 237 g/mol. The molecule has 1 aromatic carbocycles. The molecule has 0 aromatic heterocycles. The highest BCUT2D eigenvalue weighted by molar-refractivity contribution is 5.51. The van der Waals surface area contributed by atoms with E-state index >= 15 is 0 Å². The van der Waals surface area contributed by atoms with Crippen LogP contribution in [0.3, 0.4) is 0 Å². The van der Waals surface area contributed by atoms with Crippen LogP contribution in [0, 0.1) is 11.3 Å². The average molecular weight is 237 g/mol. The fraction of sp³-hybridized carbons (Fsp3) is 0.417. The summed E-state index contributed by atoms with van der Waals surface area (Å²) in [6.45, 7) is 0.0181.